The highest BCUT2D eigenvalue weighted by molar-refractivity contribution is 5.78. The summed E-state index contributed by atoms with van der Waals surface area (Å²) < 4.78 is 37.6. The molecule has 0 aliphatic carbocycles. The Morgan fingerprint density at radius 3 is 2.76 bits per heavy atom. The second-order valence-electron chi connectivity index (χ2n) is 5.12. The minimum Gasteiger partial charge on any atom is -0.355 e. The van der Waals surface area contributed by atoms with Crippen LogP contribution in [-0.2, 0) is 17.4 Å². The smallest absolute Gasteiger partial charge is 0.355 e. The topological polar surface area (TPSA) is 42.0 Å². The lowest BCUT2D eigenvalue weighted by molar-refractivity contribution is -0.137. The van der Waals surface area contributed by atoms with Crippen molar-refractivity contribution in [2.45, 2.75) is 45.7 Å². The highest BCUT2D eigenvalue weighted by Crippen LogP contribution is 2.28. The number of carbonyl (C=O) groups is 1. The van der Waals surface area contributed by atoms with E-state index in [-0.39, 0.29) is 18.2 Å². The van der Waals surface area contributed by atoms with Crippen molar-refractivity contribution in [2.75, 3.05) is 6.54 Å². The third kappa shape index (κ3) is 6.14. The quantitative estimate of drug-likeness (QED) is 0.836. The van der Waals surface area contributed by atoms with Crippen LogP contribution in [-0.4, -0.2) is 17.4 Å². The lowest BCUT2D eigenvalue weighted by Gasteiger charge is -2.12. The van der Waals surface area contributed by atoms with Crippen molar-refractivity contribution < 1.29 is 18.0 Å². The Balaban J connectivity index is 2.44. The molecule has 0 fully saturated rings. The molecule has 0 aromatic carbocycles. The van der Waals surface area contributed by atoms with Crippen molar-refractivity contribution in [3.63, 3.8) is 0 Å². The van der Waals surface area contributed by atoms with E-state index in [9.17, 15) is 18.0 Å². The van der Waals surface area contributed by atoms with Crippen molar-refractivity contribution in [3.8, 4) is 0 Å². The molecule has 1 aromatic rings. The van der Waals surface area contributed by atoms with Crippen molar-refractivity contribution in [1.29, 1.82) is 0 Å². The maximum atomic E-state index is 12.5. The number of carbonyl (C=O) groups excluding carboxylic acids is 1. The molecular weight excluding hydrogens is 281 g/mol. The minimum atomic E-state index is -4.37. The first kappa shape index (κ1) is 17.5. The molecule has 0 saturated heterocycles. The number of nitrogens with zero attached hydrogens (tertiary/aromatic N) is 1. The lowest BCUT2D eigenvalue weighted by atomic mass is 10.0. The third-order valence-corrected chi connectivity index (χ3v) is 3.26. The van der Waals surface area contributed by atoms with Gasteiger partial charge in [-0.2, -0.15) is 13.2 Å². The van der Waals surface area contributed by atoms with E-state index in [2.05, 4.69) is 17.2 Å². The Hall–Kier alpha value is -1.59. The molecule has 1 atom stereocenters. The largest absolute Gasteiger partial charge is 0.416 e. The summed E-state index contributed by atoms with van der Waals surface area (Å²) in [6.45, 7) is 4.21. The second kappa shape index (κ2) is 8.00. The average molecular weight is 302 g/mol. The van der Waals surface area contributed by atoms with E-state index in [0.717, 1.165) is 37.6 Å². The molecule has 0 radical (unpaired) electrons. The van der Waals surface area contributed by atoms with Gasteiger partial charge in [0.2, 0.25) is 5.91 Å². The molecule has 3 nitrogen and oxygen atoms in total. The summed E-state index contributed by atoms with van der Waals surface area (Å²) in [7, 11) is 0. The number of rotatable bonds is 7. The SMILES string of the molecule is CCCC[C@H](C)C(=O)NCCc1cc(C(F)(F)F)ccn1. The van der Waals surface area contributed by atoms with Gasteiger partial charge in [0.25, 0.3) is 0 Å². The van der Waals surface area contributed by atoms with Gasteiger partial charge in [-0.3, -0.25) is 9.78 Å². The zero-order valence-electron chi connectivity index (χ0n) is 12.3. The van der Waals surface area contributed by atoms with E-state index >= 15 is 0 Å². The lowest BCUT2D eigenvalue weighted by Crippen LogP contribution is -2.31. The van der Waals surface area contributed by atoms with E-state index in [0.29, 0.717) is 12.2 Å². The molecule has 0 bridgehead atoms. The second-order valence-corrected chi connectivity index (χ2v) is 5.12. The molecule has 0 aliphatic heterocycles. The van der Waals surface area contributed by atoms with Gasteiger partial charge in [0.05, 0.1) is 5.56 Å². The molecule has 0 unspecified atom stereocenters. The number of unbranched alkanes of at least 4 members (excludes halogenated alkanes) is 1. The van der Waals surface area contributed by atoms with E-state index in [1.165, 1.54) is 0 Å². The predicted molar refractivity (Wildman–Crippen MR) is 74.6 cm³/mol. The fraction of sp³-hybridized carbons (Fsp3) is 0.600. The van der Waals surface area contributed by atoms with E-state index in [4.69, 9.17) is 0 Å². The molecule has 1 N–H and O–H groups in total. The molecule has 6 heteroatoms. The number of pyridine rings is 1. The Labute approximate surface area is 123 Å². The molecule has 0 spiro atoms. The van der Waals surface area contributed by atoms with Crippen LogP contribution in [0.2, 0.25) is 0 Å². The summed E-state index contributed by atoms with van der Waals surface area (Å²) in [5.74, 6) is -0.130. The number of alkyl halides is 3. The molecule has 0 aliphatic rings. The predicted octanol–water partition coefficient (Wildman–Crippen LogP) is 3.59. The van der Waals surface area contributed by atoms with Crippen LogP contribution in [0.1, 0.15) is 44.4 Å². The Morgan fingerprint density at radius 2 is 2.14 bits per heavy atom. The van der Waals surface area contributed by atoms with Gasteiger partial charge in [-0.1, -0.05) is 26.7 Å². The van der Waals surface area contributed by atoms with Crippen LogP contribution in [0.25, 0.3) is 0 Å². The first-order chi connectivity index (χ1) is 9.84. The van der Waals surface area contributed by atoms with Gasteiger partial charge in [0.15, 0.2) is 0 Å². The maximum Gasteiger partial charge on any atom is 0.416 e. The molecule has 1 rings (SSSR count). The normalized spacial score (nSPS) is 13.0. The highest BCUT2D eigenvalue weighted by atomic mass is 19.4. The van der Waals surface area contributed by atoms with Crippen molar-refractivity contribution in [1.82, 2.24) is 10.3 Å². The third-order valence-electron chi connectivity index (χ3n) is 3.26. The average Bonchev–Trinajstić information content (AvgIpc) is 2.44. The molecule has 21 heavy (non-hydrogen) atoms. The van der Waals surface area contributed by atoms with E-state index < -0.39 is 11.7 Å². The van der Waals surface area contributed by atoms with Crippen LogP contribution in [0.15, 0.2) is 18.3 Å². The summed E-state index contributed by atoms with van der Waals surface area (Å²) in [4.78, 5) is 15.6. The van der Waals surface area contributed by atoms with Gasteiger partial charge in [-0.15, -0.1) is 0 Å². The number of aromatic nitrogens is 1. The van der Waals surface area contributed by atoms with Crippen LogP contribution in [0.4, 0.5) is 13.2 Å². The number of nitrogens with one attached hydrogen (secondary N) is 1. The van der Waals surface area contributed by atoms with E-state index in [1.807, 2.05) is 6.92 Å². The molecule has 118 valence electrons. The van der Waals surface area contributed by atoms with Gasteiger partial charge in [-0.25, -0.2) is 0 Å². The first-order valence-electron chi connectivity index (χ1n) is 7.14. The van der Waals surface area contributed by atoms with Gasteiger partial charge < -0.3 is 5.32 Å². The Bertz CT molecular complexity index is 460. The fourth-order valence-electron chi connectivity index (χ4n) is 1.92. The Morgan fingerprint density at radius 1 is 1.43 bits per heavy atom. The summed E-state index contributed by atoms with van der Waals surface area (Å²) >= 11 is 0. The minimum absolute atomic E-state index is 0.0598. The van der Waals surface area contributed by atoms with Gasteiger partial charge in [0, 0.05) is 30.8 Å². The van der Waals surface area contributed by atoms with Crippen LogP contribution in [0, 0.1) is 5.92 Å². The Kier molecular flexibility index (Phi) is 6.65. The molecule has 1 heterocycles. The van der Waals surface area contributed by atoms with E-state index in [1.54, 1.807) is 0 Å². The summed E-state index contributed by atoms with van der Waals surface area (Å²) in [5, 5.41) is 2.74. The van der Waals surface area contributed by atoms with Crippen LogP contribution in [0.3, 0.4) is 0 Å². The van der Waals surface area contributed by atoms with Crippen molar-refractivity contribution in [2.24, 2.45) is 5.92 Å². The zero-order valence-corrected chi connectivity index (χ0v) is 12.3. The zero-order chi connectivity index (χ0) is 15.9. The molecule has 0 saturated carbocycles. The number of hydrogen-bond acceptors (Lipinski definition) is 2. The van der Waals surface area contributed by atoms with Gasteiger partial charge in [0.1, 0.15) is 0 Å². The number of hydrogen-bond donors (Lipinski definition) is 1. The summed E-state index contributed by atoms with van der Waals surface area (Å²) in [6.07, 6.45) is -0.0880. The van der Waals surface area contributed by atoms with Crippen LogP contribution in [0.5, 0.6) is 0 Å². The monoisotopic (exact) mass is 302 g/mol. The molecular formula is C15H21F3N2O. The number of halogens is 3. The molecule has 1 amide bonds. The first-order valence-corrected chi connectivity index (χ1v) is 7.14. The summed E-state index contributed by atoms with van der Waals surface area (Å²) in [5.41, 5.74) is -0.388. The van der Waals surface area contributed by atoms with Gasteiger partial charge >= 0.3 is 6.18 Å². The maximum absolute atomic E-state index is 12.5. The van der Waals surface area contributed by atoms with Crippen LogP contribution >= 0.6 is 0 Å². The van der Waals surface area contributed by atoms with Crippen molar-refractivity contribution in [3.05, 3.63) is 29.6 Å². The highest BCUT2D eigenvalue weighted by Gasteiger charge is 2.30. The molecule has 1 aromatic heterocycles. The number of amides is 1. The summed E-state index contributed by atoms with van der Waals surface area (Å²) in [6, 6.07) is 1.96. The standard InChI is InChI=1S/C15H21F3N2O/c1-3-4-5-11(2)14(21)20-9-7-13-10-12(6-8-19-13)15(16,17)18/h6,8,10-11H,3-5,7,9H2,1-2H3,(H,20,21)/t11-/m0/s1. The van der Waals surface area contributed by atoms with Crippen molar-refractivity contribution >= 4 is 5.91 Å². The van der Waals surface area contributed by atoms with Gasteiger partial charge in [-0.05, 0) is 18.6 Å². The van der Waals surface area contributed by atoms with Crippen LogP contribution < -0.4 is 5.32 Å². The fourth-order valence-corrected chi connectivity index (χ4v) is 1.92.